The summed E-state index contributed by atoms with van der Waals surface area (Å²) in [6.07, 6.45) is 6.03. The smallest absolute Gasteiger partial charge is 0.239 e. The lowest BCUT2D eigenvalue weighted by atomic mass is 9.87. The second-order valence-corrected chi connectivity index (χ2v) is 6.44. The Morgan fingerprint density at radius 3 is 2.26 bits per heavy atom. The number of nitrogens with zero attached hydrogens (tertiary/aromatic N) is 1. The van der Waals surface area contributed by atoms with E-state index in [-0.39, 0.29) is 5.91 Å². The van der Waals surface area contributed by atoms with Gasteiger partial charge in [-0.1, -0.05) is 13.3 Å². The number of hydrogen-bond acceptors (Lipinski definition) is 3. The number of primary amides is 1. The Hall–Kier alpha value is -0.610. The van der Waals surface area contributed by atoms with E-state index in [1.54, 1.807) is 0 Å². The van der Waals surface area contributed by atoms with E-state index in [2.05, 4.69) is 31.0 Å². The Morgan fingerprint density at radius 2 is 1.84 bits per heavy atom. The van der Waals surface area contributed by atoms with Crippen LogP contribution in [0.5, 0.6) is 0 Å². The molecule has 2 rings (SSSR count). The first-order chi connectivity index (χ1) is 9.01. The van der Waals surface area contributed by atoms with E-state index in [0.717, 1.165) is 25.9 Å². The van der Waals surface area contributed by atoms with Crippen molar-refractivity contribution < 1.29 is 4.79 Å². The van der Waals surface area contributed by atoms with E-state index in [1.807, 2.05) is 0 Å². The Bertz CT molecular complexity index is 319. The summed E-state index contributed by atoms with van der Waals surface area (Å²) in [6.45, 7) is 8.20. The van der Waals surface area contributed by atoms with Gasteiger partial charge in [-0.3, -0.25) is 9.69 Å². The van der Waals surface area contributed by atoms with E-state index in [1.165, 1.54) is 19.3 Å². The second kappa shape index (κ2) is 5.80. The standard InChI is InChI=1S/C15H29N3O/c1-4-17-15(14(16)19,13-8-9-13)10-18-11(2)6-5-7-12(18)3/h11-13,17H,4-10H2,1-3H3,(H2,16,19). The Morgan fingerprint density at radius 1 is 1.26 bits per heavy atom. The van der Waals surface area contributed by atoms with Gasteiger partial charge in [0.05, 0.1) is 0 Å². The SMILES string of the molecule is CCNC(CN1C(C)CCCC1C)(C(N)=O)C1CC1. The topological polar surface area (TPSA) is 58.4 Å². The van der Waals surface area contributed by atoms with E-state index < -0.39 is 5.54 Å². The number of rotatable bonds is 6. The zero-order valence-electron chi connectivity index (χ0n) is 12.6. The zero-order chi connectivity index (χ0) is 14.0. The zero-order valence-corrected chi connectivity index (χ0v) is 12.6. The van der Waals surface area contributed by atoms with E-state index in [4.69, 9.17) is 5.73 Å². The molecular formula is C15H29N3O. The first-order valence-corrected chi connectivity index (χ1v) is 7.82. The highest BCUT2D eigenvalue weighted by molar-refractivity contribution is 5.86. The molecule has 4 heteroatoms. The third-order valence-corrected chi connectivity index (χ3v) is 5.01. The molecule has 1 saturated carbocycles. The lowest BCUT2D eigenvalue weighted by Crippen LogP contribution is -2.65. The fraction of sp³-hybridized carbons (Fsp3) is 0.933. The Balaban J connectivity index is 2.16. The minimum absolute atomic E-state index is 0.165. The van der Waals surface area contributed by atoms with Crippen LogP contribution in [0.4, 0.5) is 0 Å². The van der Waals surface area contributed by atoms with Crippen LogP contribution < -0.4 is 11.1 Å². The number of likely N-dealkylation sites (N-methyl/N-ethyl adjacent to an activating group) is 1. The summed E-state index contributed by atoms with van der Waals surface area (Å²) in [5.74, 6) is 0.271. The monoisotopic (exact) mass is 267 g/mol. The van der Waals surface area contributed by atoms with Crippen molar-refractivity contribution in [1.29, 1.82) is 0 Å². The summed E-state index contributed by atoms with van der Waals surface area (Å²) in [6, 6.07) is 1.11. The molecule has 3 unspecified atom stereocenters. The number of hydrogen-bond donors (Lipinski definition) is 2. The van der Waals surface area contributed by atoms with E-state index in [9.17, 15) is 4.79 Å². The number of amides is 1. The summed E-state index contributed by atoms with van der Waals surface area (Å²) >= 11 is 0. The fourth-order valence-corrected chi connectivity index (χ4v) is 3.66. The van der Waals surface area contributed by atoms with Gasteiger partial charge < -0.3 is 11.1 Å². The predicted octanol–water partition coefficient (Wildman–Crippen LogP) is 1.49. The molecule has 0 aromatic carbocycles. The van der Waals surface area contributed by atoms with Gasteiger partial charge in [0, 0.05) is 18.6 Å². The number of nitrogens with two attached hydrogens (primary N) is 1. The van der Waals surface area contributed by atoms with Crippen LogP contribution in [0.3, 0.4) is 0 Å². The quantitative estimate of drug-likeness (QED) is 0.766. The summed E-state index contributed by atoms with van der Waals surface area (Å²) < 4.78 is 0. The molecule has 19 heavy (non-hydrogen) atoms. The minimum atomic E-state index is -0.505. The lowest BCUT2D eigenvalue weighted by Gasteiger charge is -2.45. The fourth-order valence-electron chi connectivity index (χ4n) is 3.66. The van der Waals surface area contributed by atoms with Gasteiger partial charge in [0.2, 0.25) is 5.91 Å². The van der Waals surface area contributed by atoms with Crippen molar-refractivity contribution in [2.75, 3.05) is 13.1 Å². The van der Waals surface area contributed by atoms with Crippen molar-refractivity contribution in [3.8, 4) is 0 Å². The van der Waals surface area contributed by atoms with Gasteiger partial charge in [-0.25, -0.2) is 0 Å². The van der Waals surface area contributed by atoms with Crippen molar-refractivity contribution in [3.05, 3.63) is 0 Å². The highest BCUT2D eigenvalue weighted by atomic mass is 16.1. The number of nitrogens with one attached hydrogen (secondary N) is 1. The van der Waals surface area contributed by atoms with Crippen molar-refractivity contribution in [1.82, 2.24) is 10.2 Å². The normalized spacial score (nSPS) is 31.9. The maximum absolute atomic E-state index is 12.1. The van der Waals surface area contributed by atoms with Crippen molar-refractivity contribution in [2.45, 2.75) is 70.5 Å². The molecule has 0 aromatic heterocycles. The largest absolute Gasteiger partial charge is 0.368 e. The molecule has 0 bridgehead atoms. The first-order valence-electron chi connectivity index (χ1n) is 7.82. The molecule has 0 radical (unpaired) electrons. The van der Waals surface area contributed by atoms with Gasteiger partial charge in [0.15, 0.2) is 0 Å². The predicted molar refractivity (Wildman–Crippen MR) is 77.8 cm³/mol. The molecule has 0 aromatic rings. The van der Waals surface area contributed by atoms with Gasteiger partial charge >= 0.3 is 0 Å². The highest BCUT2D eigenvalue weighted by Gasteiger charge is 2.51. The van der Waals surface area contributed by atoms with Crippen molar-refractivity contribution >= 4 is 5.91 Å². The number of likely N-dealkylation sites (tertiary alicyclic amines) is 1. The molecule has 2 aliphatic rings. The molecule has 1 heterocycles. The van der Waals surface area contributed by atoms with Gasteiger partial charge in [-0.05, 0) is 52.0 Å². The van der Waals surface area contributed by atoms with Crippen LogP contribution in [0.2, 0.25) is 0 Å². The van der Waals surface area contributed by atoms with Crippen molar-refractivity contribution in [2.24, 2.45) is 11.7 Å². The van der Waals surface area contributed by atoms with Crippen LogP contribution >= 0.6 is 0 Å². The minimum Gasteiger partial charge on any atom is -0.368 e. The maximum atomic E-state index is 12.1. The van der Waals surface area contributed by atoms with Gasteiger partial charge in [0.25, 0.3) is 0 Å². The summed E-state index contributed by atoms with van der Waals surface area (Å²) in [5.41, 5.74) is 5.27. The Kier molecular flexibility index (Phi) is 4.51. The first kappa shape index (κ1) is 14.8. The molecule has 1 aliphatic heterocycles. The van der Waals surface area contributed by atoms with Crippen LogP contribution in [0.15, 0.2) is 0 Å². The second-order valence-electron chi connectivity index (χ2n) is 6.44. The van der Waals surface area contributed by atoms with Crippen LogP contribution in [0.1, 0.15) is 52.9 Å². The molecule has 4 nitrogen and oxygen atoms in total. The van der Waals surface area contributed by atoms with Crippen LogP contribution in [0, 0.1) is 5.92 Å². The van der Waals surface area contributed by atoms with Crippen LogP contribution in [-0.2, 0) is 4.79 Å². The lowest BCUT2D eigenvalue weighted by molar-refractivity contribution is -0.127. The average molecular weight is 267 g/mol. The number of carbonyl (C=O) groups excluding carboxylic acids is 1. The third-order valence-electron chi connectivity index (χ3n) is 5.01. The van der Waals surface area contributed by atoms with Gasteiger partial charge in [-0.15, -0.1) is 0 Å². The van der Waals surface area contributed by atoms with Crippen molar-refractivity contribution in [3.63, 3.8) is 0 Å². The molecule has 1 amide bonds. The average Bonchev–Trinajstić information content (AvgIpc) is 3.16. The molecular weight excluding hydrogens is 238 g/mol. The summed E-state index contributed by atoms with van der Waals surface area (Å²) in [4.78, 5) is 14.6. The van der Waals surface area contributed by atoms with Gasteiger partial charge in [-0.2, -0.15) is 0 Å². The molecule has 110 valence electrons. The van der Waals surface area contributed by atoms with Crippen LogP contribution in [0.25, 0.3) is 0 Å². The Labute approximate surface area is 117 Å². The maximum Gasteiger partial charge on any atom is 0.239 e. The highest BCUT2D eigenvalue weighted by Crippen LogP contribution is 2.41. The molecule has 2 fully saturated rings. The molecule has 1 saturated heterocycles. The van der Waals surface area contributed by atoms with Crippen LogP contribution in [-0.4, -0.2) is 41.5 Å². The van der Waals surface area contributed by atoms with E-state index in [0.29, 0.717) is 18.0 Å². The number of piperidine rings is 1. The molecule has 3 atom stereocenters. The molecule has 0 spiro atoms. The molecule has 3 N–H and O–H groups in total. The van der Waals surface area contributed by atoms with E-state index >= 15 is 0 Å². The summed E-state index contributed by atoms with van der Waals surface area (Å²) in [5, 5.41) is 3.43. The number of carbonyl (C=O) groups is 1. The third kappa shape index (κ3) is 2.95. The summed E-state index contributed by atoms with van der Waals surface area (Å²) in [7, 11) is 0. The molecule has 1 aliphatic carbocycles. The van der Waals surface area contributed by atoms with Gasteiger partial charge in [0.1, 0.15) is 5.54 Å².